The van der Waals surface area contributed by atoms with Crippen LogP contribution in [-0.4, -0.2) is 25.0 Å². The summed E-state index contributed by atoms with van der Waals surface area (Å²) in [5.74, 6) is 0.785. The molecule has 3 nitrogen and oxygen atoms in total. The van der Waals surface area contributed by atoms with Gasteiger partial charge in [0.2, 0.25) is 5.91 Å². The van der Waals surface area contributed by atoms with E-state index in [-0.39, 0.29) is 5.91 Å². The van der Waals surface area contributed by atoms with Crippen LogP contribution in [0, 0.1) is 11.3 Å². The van der Waals surface area contributed by atoms with Crippen molar-refractivity contribution < 1.29 is 4.79 Å². The molecule has 0 bridgehead atoms. The predicted molar refractivity (Wildman–Crippen MR) is 76.5 cm³/mol. The molecule has 1 saturated carbocycles. The summed E-state index contributed by atoms with van der Waals surface area (Å²) in [4.78, 5) is 11.7. The van der Waals surface area contributed by atoms with Gasteiger partial charge in [-0.25, -0.2) is 0 Å². The third-order valence-corrected chi connectivity index (χ3v) is 4.06. The van der Waals surface area contributed by atoms with Crippen molar-refractivity contribution in [1.29, 1.82) is 0 Å². The molecule has 0 aromatic heterocycles. The second-order valence-corrected chi connectivity index (χ2v) is 6.70. The molecule has 1 aliphatic carbocycles. The van der Waals surface area contributed by atoms with Crippen LogP contribution in [0.4, 0.5) is 0 Å². The Morgan fingerprint density at radius 3 is 2.67 bits per heavy atom. The summed E-state index contributed by atoms with van der Waals surface area (Å²) in [5, 5.41) is 6.42. The first-order chi connectivity index (χ1) is 8.42. The van der Waals surface area contributed by atoms with E-state index in [9.17, 15) is 4.79 Å². The quantitative estimate of drug-likeness (QED) is 0.765. The predicted octanol–water partition coefficient (Wildman–Crippen LogP) is 2.71. The van der Waals surface area contributed by atoms with E-state index in [1.54, 1.807) is 0 Å². The van der Waals surface area contributed by atoms with Crippen molar-refractivity contribution in [3.05, 3.63) is 0 Å². The molecule has 0 heterocycles. The third-order valence-electron chi connectivity index (χ3n) is 4.06. The molecule has 0 aliphatic heterocycles. The number of hydrogen-bond acceptors (Lipinski definition) is 2. The number of amides is 1. The van der Waals surface area contributed by atoms with Crippen LogP contribution in [0.5, 0.6) is 0 Å². The third kappa shape index (κ3) is 5.38. The first kappa shape index (κ1) is 15.5. The molecule has 1 amide bonds. The van der Waals surface area contributed by atoms with Crippen LogP contribution in [-0.2, 0) is 4.79 Å². The van der Waals surface area contributed by atoms with Crippen molar-refractivity contribution in [3.63, 3.8) is 0 Å². The second-order valence-electron chi connectivity index (χ2n) is 6.70. The summed E-state index contributed by atoms with van der Waals surface area (Å²) in [6, 6.07) is 0.488. The maximum Gasteiger partial charge on any atom is 0.233 e. The van der Waals surface area contributed by atoms with Crippen molar-refractivity contribution in [2.75, 3.05) is 13.1 Å². The van der Waals surface area contributed by atoms with Gasteiger partial charge in [0.15, 0.2) is 0 Å². The first-order valence-corrected chi connectivity index (χ1v) is 7.42. The fourth-order valence-electron chi connectivity index (χ4n) is 2.65. The minimum atomic E-state index is 0.136. The lowest BCUT2D eigenvalue weighted by atomic mass is 9.73. The van der Waals surface area contributed by atoms with E-state index in [2.05, 4.69) is 38.3 Å². The summed E-state index contributed by atoms with van der Waals surface area (Å²) in [6.07, 6.45) is 6.13. The van der Waals surface area contributed by atoms with E-state index in [0.29, 0.717) is 23.9 Å². The maximum atomic E-state index is 11.7. The van der Waals surface area contributed by atoms with Gasteiger partial charge in [-0.15, -0.1) is 0 Å². The minimum absolute atomic E-state index is 0.136. The molecule has 0 radical (unpaired) electrons. The molecule has 1 unspecified atom stereocenters. The topological polar surface area (TPSA) is 41.1 Å². The van der Waals surface area contributed by atoms with Gasteiger partial charge in [-0.1, -0.05) is 40.5 Å². The van der Waals surface area contributed by atoms with E-state index >= 15 is 0 Å². The molecule has 1 aliphatic rings. The highest BCUT2D eigenvalue weighted by Gasteiger charge is 2.31. The van der Waals surface area contributed by atoms with Gasteiger partial charge in [0.05, 0.1) is 6.54 Å². The van der Waals surface area contributed by atoms with Crippen LogP contribution in [0.15, 0.2) is 0 Å². The molecule has 0 saturated heterocycles. The Labute approximate surface area is 112 Å². The van der Waals surface area contributed by atoms with Crippen LogP contribution >= 0.6 is 0 Å². The molecule has 18 heavy (non-hydrogen) atoms. The Hall–Kier alpha value is -0.570. The van der Waals surface area contributed by atoms with Crippen LogP contribution in [0.25, 0.3) is 0 Å². The van der Waals surface area contributed by atoms with Crippen LogP contribution < -0.4 is 10.6 Å². The van der Waals surface area contributed by atoms with Crippen LogP contribution in [0.1, 0.15) is 59.8 Å². The van der Waals surface area contributed by atoms with Gasteiger partial charge in [0.25, 0.3) is 0 Å². The second kappa shape index (κ2) is 7.13. The highest BCUT2D eigenvalue weighted by atomic mass is 16.1. The standard InChI is InChI=1S/C15H30N2O/c1-12(2)8-10-16-14(18)11-17-13-7-5-6-9-15(13,3)4/h12-13,17H,5-11H2,1-4H3,(H,16,18). The van der Waals surface area contributed by atoms with Crippen molar-refractivity contribution in [3.8, 4) is 0 Å². The zero-order chi connectivity index (χ0) is 13.6. The Balaban J connectivity index is 2.21. The highest BCUT2D eigenvalue weighted by molar-refractivity contribution is 5.77. The molecule has 1 fully saturated rings. The van der Waals surface area contributed by atoms with Crippen LogP contribution in [0.2, 0.25) is 0 Å². The van der Waals surface area contributed by atoms with Gasteiger partial charge >= 0.3 is 0 Å². The Morgan fingerprint density at radius 1 is 1.33 bits per heavy atom. The summed E-state index contributed by atoms with van der Waals surface area (Å²) in [6.45, 7) is 10.2. The fourth-order valence-corrected chi connectivity index (χ4v) is 2.65. The number of rotatable bonds is 6. The lowest BCUT2D eigenvalue weighted by Crippen LogP contribution is -2.47. The average molecular weight is 254 g/mol. The van der Waals surface area contributed by atoms with Crippen molar-refractivity contribution in [1.82, 2.24) is 10.6 Å². The summed E-state index contributed by atoms with van der Waals surface area (Å²) >= 11 is 0. The summed E-state index contributed by atoms with van der Waals surface area (Å²) < 4.78 is 0. The lowest BCUT2D eigenvalue weighted by molar-refractivity contribution is -0.120. The monoisotopic (exact) mass is 254 g/mol. The number of hydrogen-bond donors (Lipinski definition) is 2. The molecular formula is C15H30N2O. The van der Waals surface area contributed by atoms with Gasteiger partial charge in [0, 0.05) is 12.6 Å². The van der Waals surface area contributed by atoms with Crippen molar-refractivity contribution >= 4 is 5.91 Å². The molecule has 3 heteroatoms. The summed E-state index contributed by atoms with van der Waals surface area (Å²) in [7, 11) is 0. The maximum absolute atomic E-state index is 11.7. The van der Waals surface area contributed by atoms with E-state index in [1.807, 2.05) is 0 Å². The first-order valence-electron chi connectivity index (χ1n) is 7.42. The zero-order valence-electron chi connectivity index (χ0n) is 12.5. The Morgan fingerprint density at radius 2 is 2.06 bits per heavy atom. The smallest absolute Gasteiger partial charge is 0.233 e. The molecule has 2 N–H and O–H groups in total. The molecule has 0 aromatic rings. The molecule has 106 valence electrons. The zero-order valence-corrected chi connectivity index (χ0v) is 12.5. The highest BCUT2D eigenvalue weighted by Crippen LogP contribution is 2.35. The average Bonchev–Trinajstić information content (AvgIpc) is 2.26. The largest absolute Gasteiger partial charge is 0.355 e. The normalized spacial score (nSPS) is 23.1. The SMILES string of the molecule is CC(C)CCNC(=O)CNC1CCCCC1(C)C. The van der Waals surface area contributed by atoms with Gasteiger partial charge in [0.1, 0.15) is 0 Å². The van der Waals surface area contributed by atoms with Crippen molar-refractivity contribution in [2.45, 2.75) is 65.8 Å². The minimum Gasteiger partial charge on any atom is -0.355 e. The van der Waals surface area contributed by atoms with Gasteiger partial charge in [-0.3, -0.25) is 4.79 Å². The van der Waals surface area contributed by atoms with E-state index in [0.717, 1.165) is 13.0 Å². The molecule has 0 aromatic carbocycles. The molecule has 1 rings (SSSR count). The van der Waals surface area contributed by atoms with Crippen molar-refractivity contribution in [2.24, 2.45) is 11.3 Å². The van der Waals surface area contributed by atoms with Crippen LogP contribution in [0.3, 0.4) is 0 Å². The van der Waals surface area contributed by atoms with E-state index in [4.69, 9.17) is 0 Å². The Kier molecular flexibility index (Phi) is 6.13. The number of nitrogens with one attached hydrogen (secondary N) is 2. The summed E-state index contributed by atoms with van der Waals surface area (Å²) in [5.41, 5.74) is 0.330. The van der Waals surface area contributed by atoms with Gasteiger partial charge < -0.3 is 10.6 Å². The van der Waals surface area contributed by atoms with Gasteiger partial charge in [-0.2, -0.15) is 0 Å². The number of carbonyl (C=O) groups is 1. The van der Waals surface area contributed by atoms with E-state index < -0.39 is 0 Å². The number of carbonyl (C=O) groups excluding carboxylic acids is 1. The molecular weight excluding hydrogens is 224 g/mol. The molecule has 0 spiro atoms. The fraction of sp³-hybridized carbons (Fsp3) is 0.933. The lowest BCUT2D eigenvalue weighted by Gasteiger charge is -2.39. The van der Waals surface area contributed by atoms with E-state index in [1.165, 1.54) is 25.7 Å². The van der Waals surface area contributed by atoms with Gasteiger partial charge in [-0.05, 0) is 30.6 Å². The molecule has 1 atom stereocenters. The Bertz CT molecular complexity index is 261.